The third-order valence-electron chi connectivity index (χ3n) is 6.87. The normalized spacial score (nSPS) is 16.9. The highest BCUT2D eigenvalue weighted by Crippen LogP contribution is 2.47. The Kier molecular flexibility index (Phi) is 8.65. The van der Waals surface area contributed by atoms with Crippen molar-refractivity contribution in [3.05, 3.63) is 53.3 Å². The fourth-order valence-electron chi connectivity index (χ4n) is 4.75. The van der Waals surface area contributed by atoms with E-state index >= 15 is 0 Å². The maximum Gasteiger partial charge on any atom is 0.420 e. The Morgan fingerprint density at radius 3 is 2.11 bits per heavy atom. The van der Waals surface area contributed by atoms with Gasteiger partial charge in [-0.15, -0.1) is 0 Å². The van der Waals surface area contributed by atoms with E-state index in [1.165, 1.54) is 4.90 Å². The van der Waals surface area contributed by atoms with E-state index < -0.39 is 83.2 Å². The van der Waals surface area contributed by atoms with Crippen LogP contribution >= 0.6 is 0 Å². The monoisotopic (exact) mass is 650 g/mol. The fourth-order valence-corrected chi connectivity index (χ4v) is 4.75. The first-order valence-electron chi connectivity index (χ1n) is 13.4. The van der Waals surface area contributed by atoms with Crippen molar-refractivity contribution in [3.63, 3.8) is 0 Å². The summed E-state index contributed by atoms with van der Waals surface area (Å²) < 4.78 is 107. The molecule has 0 spiro atoms. The highest BCUT2D eigenvalue weighted by molar-refractivity contribution is 5.97. The van der Waals surface area contributed by atoms with Crippen molar-refractivity contribution < 1.29 is 59.7 Å². The second kappa shape index (κ2) is 11.6. The molecule has 2 aliphatic heterocycles. The summed E-state index contributed by atoms with van der Waals surface area (Å²) in [7, 11) is 1.08. The van der Waals surface area contributed by atoms with Crippen LogP contribution in [0, 0.1) is 5.82 Å². The molecular weight excluding hydrogens is 621 g/mol. The maximum absolute atomic E-state index is 14.2. The number of carbonyl (C=O) groups excluding carboxylic acids is 3. The van der Waals surface area contributed by atoms with Crippen LogP contribution in [0.15, 0.2) is 36.4 Å². The van der Waals surface area contributed by atoms with Crippen LogP contribution in [0.25, 0.3) is 0 Å². The smallest absolute Gasteiger partial charge is 0.420 e. The quantitative estimate of drug-likeness (QED) is 0.416. The lowest BCUT2D eigenvalue weighted by Crippen LogP contribution is -2.68. The number of ether oxygens (including phenoxy) is 2. The highest BCUT2D eigenvalue weighted by Gasteiger charge is 2.49. The molecule has 4 amide bonds. The van der Waals surface area contributed by atoms with Crippen LogP contribution in [0.1, 0.15) is 31.9 Å². The van der Waals surface area contributed by atoms with Crippen LogP contribution in [0.5, 0.6) is 5.75 Å². The fraction of sp³-hybridized carbons (Fsp3) is 0.464. The largest absolute Gasteiger partial charge is 0.444 e. The van der Waals surface area contributed by atoms with Crippen LogP contribution < -0.4 is 14.5 Å². The van der Waals surface area contributed by atoms with Gasteiger partial charge in [-0.2, -0.15) is 26.3 Å². The number of likely N-dealkylation sites (tertiary alicyclic amines) is 1. The minimum absolute atomic E-state index is 0.0130. The number of anilines is 2. The molecule has 0 unspecified atom stereocenters. The molecule has 0 aliphatic carbocycles. The van der Waals surface area contributed by atoms with Gasteiger partial charge in [0, 0.05) is 25.8 Å². The van der Waals surface area contributed by atoms with Crippen LogP contribution in [0.2, 0.25) is 0 Å². The van der Waals surface area contributed by atoms with Gasteiger partial charge < -0.3 is 24.4 Å². The van der Waals surface area contributed by atoms with E-state index in [-0.39, 0.29) is 37.5 Å². The molecule has 2 aromatic carbocycles. The van der Waals surface area contributed by atoms with Gasteiger partial charge >= 0.3 is 30.6 Å². The van der Waals surface area contributed by atoms with Crippen molar-refractivity contribution in [1.29, 1.82) is 0 Å². The zero-order chi connectivity index (χ0) is 33.7. The number of benzene rings is 2. The lowest BCUT2D eigenvalue weighted by Gasteiger charge is -2.47. The van der Waals surface area contributed by atoms with Crippen molar-refractivity contribution in [2.24, 2.45) is 0 Å². The van der Waals surface area contributed by atoms with Gasteiger partial charge in [0.1, 0.15) is 22.6 Å². The van der Waals surface area contributed by atoms with Crippen molar-refractivity contribution in [3.8, 4) is 5.75 Å². The predicted octanol–water partition coefficient (Wildman–Crippen LogP) is 5.72. The van der Waals surface area contributed by atoms with E-state index in [1.54, 1.807) is 20.8 Å². The molecule has 45 heavy (non-hydrogen) atoms. The Morgan fingerprint density at radius 1 is 0.978 bits per heavy atom. The number of halogens is 7. The minimum atomic E-state index is -5.46. The Bertz CT molecular complexity index is 1470. The summed E-state index contributed by atoms with van der Waals surface area (Å²) in [4.78, 5) is 41.9. The van der Waals surface area contributed by atoms with Crippen molar-refractivity contribution in [2.45, 2.75) is 44.3 Å². The van der Waals surface area contributed by atoms with Crippen LogP contribution in [0.4, 0.5) is 56.5 Å². The second-order valence-corrected chi connectivity index (χ2v) is 11.7. The minimum Gasteiger partial charge on any atom is -0.444 e. The molecule has 246 valence electrons. The van der Waals surface area contributed by atoms with Gasteiger partial charge in [-0.1, -0.05) is 0 Å². The van der Waals surface area contributed by atoms with E-state index in [2.05, 4.69) is 0 Å². The van der Waals surface area contributed by atoms with Gasteiger partial charge in [-0.3, -0.25) is 9.80 Å². The Balaban J connectivity index is 1.64. The molecule has 0 saturated carbocycles. The molecule has 0 radical (unpaired) electrons. The van der Waals surface area contributed by atoms with E-state index in [0.717, 1.165) is 36.2 Å². The molecule has 2 aliphatic rings. The number of hydrogen-bond acceptors (Lipinski definition) is 6. The SMILES string of the molecule is CN(C(=O)Oc1c(N2CCN(CC3(O)CN(C(=O)OC(C)(C)C)C3)C2=O)cc(C(F)(F)F)cc1C(F)(F)F)c1ccc(F)cc1. The summed E-state index contributed by atoms with van der Waals surface area (Å²) >= 11 is 0. The average molecular weight is 651 g/mol. The highest BCUT2D eigenvalue weighted by atomic mass is 19.4. The van der Waals surface area contributed by atoms with Crippen LogP contribution in [0.3, 0.4) is 0 Å². The third kappa shape index (κ3) is 7.51. The summed E-state index contributed by atoms with van der Waals surface area (Å²) in [5, 5.41) is 10.9. The van der Waals surface area contributed by atoms with Crippen molar-refractivity contribution >= 4 is 29.6 Å². The van der Waals surface area contributed by atoms with E-state index in [4.69, 9.17) is 9.47 Å². The number of alkyl halides is 6. The summed E-state index contributed by atoms with van der Waals surface area (Å²) in [5.74, 6) is -2.03. The van der Waals surface area contributed by atoms with Gasteiger partial charge in [0.25, 0.3) is 0 Å². The van der Waals surface area contributed by atoms with Crippen LogP contribution in [-0.4, -0.2) is 84.1 Å². The predicted molar refractivity (Wildman–Crippen MR) is 144 cm³/mol. The summed E-state index contributed by atoms with van der Waals surface area (Å²) in [6.07, 6.45) is -12.9. The number of urea groups is 1. The van der Waals surface area contributed by atoms with E-state index in [0.29, 0.717) is 9.80 Å². The number of rotatable bonds is 5. The molecule has 0 atom stereocenters. The third-order valence-corrected chi connectivity index (χ3v) is 6.87. The molecule has 1 N–H and O–H groups in total. The number of β-amino-alcohol motifs (C(OH)–C–C–N with tert-alkyl or cyclic N) is 1. The van der Waals surface area contributed by atoms with Crippen LogP contribution in [-0.2, 0) is 17.1 Å². The molecule has 2 heterocycles. The standard InChI is InChI=1S/C28H29F7N4O6/c1-25(2,3)45-24(42)38-14-26(43,15-38)13-37-9-10-39(22(37)40)20-12-16(27(30,31)32)11-19(28(33,34)35)21(20)44-23(41)36(4)18-7-5-17(29)6-8-18/h5-8,11-12,43H,9-10,13-15H2,1-4H3. The molecule has 4 rings (SSSR count). The summed E-state index contributed by atoms with van der Waals surface area (Å²) in [6.45, 7) is 3.36. The van der Waals surface area contributed by atoms with Gasteiger partial charge in [-0.05, 0) is 57.2 Å². The molecule has 2 fully saturated rings. The van der Waals surface area contributed by atoms with Gasteiger partial charge in [0.05, 0.1) is 30.9 Å². The summed E-state index contributed by atoms with van der Waals surface area (Å²) in [6, 6.07) is 3.12. The molecule has 0 bridgehead atoms. The second-order valence-electron chi connectivity index (χ2n) is 11.7. The summed E-state index contributed by atoms with van der Waals surface area (Å²) in [5.41, 5.74) is -7.16. The van der Waals surface area contributed by atoms with Gasteiger partial charge in [0.2, 0.25) is 0 Å². The lowest BCUT2D eigenvalue weighted by molar-refractivity contribution is -0.143. The molecule has 10 nitrogen and oxygen atoms in total. The molecule has 0 aromatic heterocycles. The van der Waals surface area contributed by atoms with Gasteiger partial charge in [0.15, 0.2) is 5.75 Å². The first-order valence-corrected chi connectivity index (χ1v) is 13.4. The number of carbonyl (C=O) groups is 3. The van der Waals surface area contributed by atoms with Crippen molar-refractivity contribution in [1.82, 2.24) is 9.80 Å². The van der Waals surface area contributed by atoms with Gasteiger partial charge in [-0.25, -0.2) is 18.8 Å². The van der Waals surface area contributed by atoms with Crippen molar-refractivity contribution in [2.75, 3.05) is 49.6 Å². The van der Waals surface area contributed by atoms with E-state index in [9.17, 15) is 50.2 Å². The molecular formula is C28H29F7N4O6. The number of aliphatic hydroxyl groups is 1. The number of hydrogen-bond donors (Lipinski definition) is 1. The maximum atomic E-state index is 14.2. The topological polar surface area (TPSA) is 103 Å². The average Bonchev–Trinajstić information content (AvgIpc) is 3.24. The number of nitrogens with zero attached hydrogens (tertiary/aromatic N) is 4. The molecule has 17 heteroatoms. The zero-order valence-electron chi connectivity index (χ0n) is 24.4. The molecule has 2 aromatic rings. The Hall–Kier alpha value is -4.28. The Morgan fingerprint density at radius 2 is 1.58 bits per heavy atom. The zero-order valence-corrected chi connectivity index (χ0v) is 24.4. The lowest BCUT2D eigenvalue weighted by atomic mass is 9.94. The Labute approximate surface area is 252 Å². The number of amides is 4. The molecule has 2 saturated heterocycles. The first kappa shape index (κ1) is 33.6. The first-order chi connectivity index (χ1) is 20.6. The van der Waals surface area contributed by atoms with E-state index in [1.807, 2.05) is 0 Å².